The fraction of sp³-hybridized carbons (Fsp3) is 0.409. The van der Waals surface area contributed by atoms with E-state index in [-0.39, 0.29) is 5.75 Å². The van der Waals surface area contributed by atoms with Gasteiger partial charge in [0.2, 0.25) is 0 Å². The van der Waals surface area contributed by atoms with Crippen molar-refractivity contribution in [1.29, 1.82) is 5.26 Å². The number of nitrogens with zero attached hydrogens (tertiary/aromatic N) is 5. The zero-order valence-corrected chi connectivity index (χ0v) is 18.7. The Balaban J connectivity index is 1.51. The summed E-state index contributed by atoms with van der Waals surface area (Å²) in [5.74, 6) is 1.32. The van der Waals surface area contributed by atoms with Crippen LogP contribution in [0.1, 0.15) is 36.8 Å². The number of nitrogens with one attached hydrogen (secondary N) is 2. The summed E-state index contributed by atoms with van der Waals surface area (Å²) >= 11 is 0. The van der Waals surface area contributed by atoms with Crippen LogP contribution in [0, 0.1) is 11.3 Å². The molecule has 3 heterocycles. The molecule has 0 bridgehead atoms. The second-order valence-electron chi connectivity index (χ2n) is 8.58. The summed E-state index contributed by atoms with van der Waals surface area (Å²) in [5, 5.41) is 20.5. The molecular weight excluding hydrogens is 426 g/mol. The van der Waals surface area contributed by atoms with E-state index in [0.29, 0.717) is 23.1 Å². The van der Waals surface area contributed by atoms with Crippen molar-refractivity contribution in [2.45, 2.75) is 37.5 Å². The molecule has 1 saturated heterocycles. The number of aromatic nitrogens is 3. The van der Waals surface area contributed by atoms with E-state index >= 15 is 0 Å². The highest BCUT2D eigenvalue weighted by molar-refractivity contribution is 7.89. The van der Waals surface area contributed by atoms with Gasteiger partial charge in [0.05, 0.1) is 11.9 Å². The first-order valence-corrected chi connectivity index (χ1v) is 12.8. The molecule has 9 nitrogen and oxygen atoms in total. The van der Waals surface area contributed by atoms with Gasteiger partial charge in [-0.05, 0) is 49.4 Å². The van der Waals surface area contributed by atoms with E-state index in [9.17, 15) is 13.7 Å². The monoisotopic (exact) mass is 451 g/mol. The van der Waals surface area contributed by atoms with E-state index in [0.717, 1.165) is 61.5 Å². The summed E-state index contributed by atoms with van der Waals surface area (Å²) in [4.78, 5) is 6.84. The van der Waals surface area contributed by atoms with Crippen molar-refractivity contribution < 1.29 is 8.42 Å². The number of benzene rings is 1. The molecule has 2 N–H and O–H groups in total. The average molecular weight is 452 g/mol. The van der Waals surface area contributed by atoms with Crippen LogP contribution >= 0.6 is 0 Å². The second kappa shape index (κ2) is 7.98. The summed E-state index contributed by atoms with van der Waals surface area (Å²) in [7, 11) is -3.19. The number of hydrogen-bond acceptors (Lipinski definition) is 8. The zero-order chi connectivity index (χ0) is 22.3. The quantitative estimate of drug-likeness (QED) is 0.563. The summed E-state index contributed by atoms with van der Waals surface area (Å²) in [6.45, 7) is 1.88. The van der Waals surface area contributed by atoms with E-state index in [2.05, 4.69) is 31.7 Å². The highest BCUT2D eigenvalue weighted by Gasteiger charge is 2.23. The first-order chi connectivity index (χ1) is 15.4. The molecule has 1 aromatic carbocycles. The molecule has 1 aliphatic carbocycles. The van der Waals surface area contributed by atoms with Crippen LogP contribution in [0.3, 0.4) is 0 Å². The lowest BCUT2D eigenvalue weighted by Crippen LogP contribution is -2.20. The fourth-order valence-electron chi connectivity index (χ4n) is 4.12. The summed E-state index contributed by atoms with van der Waals surface area (Å²) in [6, 6.07) is 10.2. The van der Waals surface area contributed by atoms with E-state index in [1.54, 1.807) is 4.52 Å². The Hall–Kier alpha value is -3.32. The number of hydrogen-bond donors (Lipinski definition) is 2. The van der Waals surface area contributed by atoms with Gasteiger partial charge in [0.25, 0.3) is 0 Å². The maximum absolute atomic E-state index is 12.1. The molecular formula is C22H25N7O2S. The summed E-state index contributed by atoms with van der Waals surface area (Å²) < 4.78 is 25.8. The zero-order valence-electron chi connectivity index (χ0n) is 17.9. The normalized spacial score (nSPS) is 16.3. The van der Waals surface area contributed by atoms with Crippen LogP contribution in [0.5, 0.6) is 0 Å². The average Bonchev–Trinajstić information content (AvgIpc) is 3.22. The maximum atomic E-state index is 12.1. The number of rotatable bonds is 7. The maximum Gasteiger partial charge on any atom is 0.177 e. The van der Waals surface area contributed by atoms with E-state index in [1.807, 2.05) is 24.3 Å². The topological polar surface area (TPSA) is 115 Å². The van der Waals surface area contributed by atoms with Gasteiger partial charge < -0.3 is 15.5 Å². The lowest BCUT2D eigenvalue weighted by molar-refractivity contribution is 0.601. The van der Waals surface area contributed by atoms with Gasteiger partial charge in [-0.15, -0.1) is 0 Å². The smallest absolute Gasteiger partial charge is 0.177 e. The minimum absolute atomic E-state index is 0.0174. The van der Waals surface area contributed by atoms with E-state index in [4.69, 9.17) is 0 Å². The van der Waals surface area contributed by atoms with Crippen molar-refractivity contribution in [3.8, 4) is 6.07 Å². The molecule has 1 aliphatic heterocycles. The van der Waals surface area contributed by atoms with Crippen LogP contribution in [-0.2, 0) is 15.6 Å². The Labute approximate surface area is 187 Å². The van der Waals surface area contributed by atoms with Crippen LogP contribution in [0.15, 0.2) is 30.5 Å². The van der Waals surface area contributed by atoms with Crippen molar-refractivity contribution in [3.05, 3.63) is 41.6 Å². The van der Waals surface area contributed by atoms with Crippen molar-refractivity contribution in [2.24, 2.45) is 0 Å². The molecule has 2 aliphatic rings. The molecule has 2 aromatic heterocycles. The molecule has 1 saturated carbocycles. The number of sulfone groups is 1. The second-order valence-corrected chi connectivity index (χ2v) is 10.7. The molecule has 166 valence electrons. The Bertz CT molecular complexity index is 1320. The molecule has 5 rings (SSSR count). The number of fused-ring (bicyclic) bond motifs is 1. The molecule has 32 heavy (non-hydrogen) atoms. The molecule has 0 unspecified atom stereocenters. The number of anilines is 4. The standard InChI is InChI=1S/C22H25N7O2S/c1-32(30,31)14-15-10-18(6-7-19(15)28-8-2-3-9-28)25-20-11-21(26-17-4-5-17)29-22(27-20)16(12-23)13-24-29/h6-7,10-11,13,17,26H,2-5,8-9,14H2,1H3,(H,25,27). The van der Waals surface area contributed by atoms with Gasteiger partial charge in [0.15, 0.2) is 15.5 Å². The molecule has 2 fully saturated rings. The summed E-state index contributed by atoms with van der Waals surface area (Å²) in [6.07, 6.45) is 7.21. The van der Waals surface area contributed by atoms with E-state index in [1.165, 1.54) is 12.5 Å². The van der Waals surface area contributed by atoms with Crippen LogP contribution in [0.2, 0.25) is 0 Å². The van der Waals surface area contributed by atoms with Crippen molar-refractivity contribution in [3.63, 3.8) is 0 Å². The van der Waals surface area contributed by atoms with Crippen LogP contribution in [0.4, 0.5) is 23.0 Å². The van der Waals surface area contributed by atoms with Gasteiger partial charge in [0.1, 0.15) is 23.3 Å². The predicted molar refractivity (Wildman–Crippen MR) is 124 cm³/mol. The molecule has 10 heteroatoms. The lowest BCUT2D eigenvalue weighted by Gasteiger charge is -2.22. The van der Waals surface area contributed by atoms with Crippen molar-refractivity contribution >= 4 is 38.5 Å². The van der Waals surface area contributed by atoms with Gasteiger partial charge in [-0.2, -0.15) is 14.9 Å². The number of nitriles is 1. The highest BCUT2D eigenvalue weighted by Crippen LogP contribution is 2.31. The Morgan fingerprint density at radius 3 is 2.69 bits per heavy atom. The van der Waals surface area contributed by atoms with Crippen LogP contribution in [0.25, 0.3) is 5.65 Å². The Kier molecular flexibility index (Phi) is 5.13. The fourth-order valence-corrected chi connectivity index (χ4v) is 4.92. The lowest BCUT2D eigenvalue weighted by atomic mass is 10.1. The largest absolute Gasteiger partial charge is 0.371 e. The van der Waals surface area contributed by atoms with Crippen molar-refractivity contribution in [2.75, 3.05) is 34.9 Å². The van der Waals surface area contributed by atoms with E-state index < -0.39 is 9.84 Å². The predicted octanol–water partition coefficient (Wildman–Crippen LogP) is 3.06. The minimum atomic E-state index is -3.19. The van der Waals surface area contributed by atoms with Gasteiger partial charge in [-0.25, -0.2) is 13.4 Å². The Morgan fingerprint density at radius 1 is 1.22 bits per heavy atom. The Morgan fingerprint density at radius 2 is 2.00 bits per heavy atom. The van der Waals surface area contributed by atoms with Gasteiger partial charge >= 0.3 is 0 Å². The van der Waals surface area contributed by atoms with Gasteiger partial charge in [-0.3, -0.25) is 0 Å². The minimum Gasteiger partial charge on any atom is -0.371 e. The van der Waals surface area contributed by atoms with Crippen LogP contribution < -0.4 is 15.5 Å². The SMILES string of the molecule is CS(=O)(=O)Cc1cc(Nc2cc(NC3CC3)n3ncc(C#N)c3n2)ccc1N1CCCC1. The summed E-state index contributed by atoms with van der Waals surface area (Å²) in [5.41, 5.74) is 3.37. The first kappa shape index (κ1) is 20.6. The molecule has 0 radical (unpaired) electrons. The van der Waals surface area contributed by atoms with Gasteiger partial charge in [0, 0.05) is 42.8 Å². The molecule has 0 spiro atoms. The van der Waals surface area contributed by atoms with Gasteiger partial charge in [-0.1, -0.05) is 0 Å². The first-order valence-electron chi connectivity index (χ1n) is 10.8. The third-order valence-electron chi connectivity index (χ3n) is 5.74. The highest BCUT2D eigenvalue weighted by atomic mass is 32.2. The molecule has 3 aromatic rings. The molecule has 0 atom stereocenters. The third kappa shape index (κ3) is 4.34. The molecule has 0 amide bonds. The van der Waals surface area contributed by atoms with Crippen molar-refractivity contribution in [1.82, 2.24) is 14.6 Å². The third-order valence-corrected chi connectivity index (χ3v) is 6.57. The van der Waals surface area contributed by atoms with Crippen LogP contribution in [-0.4, -0.2) is 48.4 Å².